The number of hydrogen-bond acceptors (Lipinski definition) is 9. The van der Waals surface area contributed by atoms with E-state index in [0.29, 0.717) is 27.5 Å². The average molecular weight is 668 g/mol. The highest BCUT2D eigenvalue weighted by molar-refractivity contribution is 7.95. The van der Waals surface area contributed by atoms with E-state index in [1.54, 1.807) is 39.0 Å². The van der Waals surface area contributed by atoms with Gasteiger partial charge in [-0.15, -0.1) is 0 Å². The maximum atomic E-state index is 14.0. The van der Waals surface area contributed by atoms with E-state index in [1.165, 1.54) is 27.0 Å². The number of rotatable bonds is 5. The van der Waals surface area contributed by atoms with Crippen LogP contribution in [0.2, 0.25) is 5.02 Å². The molecule has 2 aliphatic rings. The van der Waals surface area contributed by atoms with Crippen LogP contribution in [0.25, 0.3) is 5.57 Å². The third kappa shape index (κ3) is 6.79. The smallest absolute Gasteiger partial charge is 0.421 e. The number of carbonyl (C=O) groups excluding carboxylic acids is 2. The first-order valence-electron chi connectivity index (χ1n) is 13.1. The Kier molecular flexibility index (Phi) is 8.57. The van der Waals surface area contributed by atoms with E-state index in [4.69, 9.17) is 16.3 Å². The fourth-order valence-electron chi connectivity index (χ4n) is 4.50. The van der Waals surface area contributed by atoms with E-state index in [0.717, 1.165) is 22.8 Å². The lowest BCUT2D eigenvalue weighted by atomic mass is 9.96. The molecule has 0 saturated carbocycles. The predicted molar refractivity (Wildman–Crippen MR) is 160 cm³/mol. The molecule has 1 fully saturated rings. The number of thiazole rings is 1. The molecule has 44 heavy (non-hydrogen) atoms. The molecule has 0 unspecified atom stereocenters. The Labute approximate surface area is 262 Å². The van der Waals surface area contributed by atoms with Crippen LogP contribution in [0.3, 0.4) is 0 Å². The van der Waals surface area contributed by atoms with Crippen molar-refractivity contribution in [3.05, 3.63) is 83.2 Å². The summed E-state index contributed by atoms with van der Waals surface area (Å²) in [5, 5.41) is 20.0. The Bertz CT molecular complexity index is 1870. The van der Waals surface area contributed by atoms with E-state index in [2.05, 4.69) is 10.2 Å². The number of alkyl halides is 3. The van der Waals surface area contributed by atoms with Crippen LogP contribution < -0.4 is 15.4 Å². The molecule has 0 atom stereocenters. The van der Waals surface area contributed by atoms with Gasteiger partial charge in [0.25, 0.3) is 5.91 Å². The van der Waals surface area contributed by atoms with Gasteiger partial charge in [0, 0.05) is 17.0 Å². The van der Waals surface area contributed by atoms with Gasteiger partial charge in [-0.25, -0.2) is 9.10 Å². The maximum absolute atomic E-state index is 14.0. The first kappa shape index (κ1) is 31.6. The minimum absolute atomic E-state index is 0.00200. The van der Waals surface area contributed by atoms with Gasteiger partial charge in [0.1, 0.15) is 12.1 Å². The topological polar surface area (TPSA) is 117 Å². The first-order valence-corrected chi connectivity index (χ1v) is 15.0. The zero-order valence-electron chi connectivity index (χ0n) is 23.5. The summed E-state index contributed by atoms with van der Waals surface area (Å²) >= 11 is 7.32. The minimum atomic E-state index is -4.72. The van der Waals surface area contributed by atoms with Crippen molar-refractivity contribution in [2.75, 3.05) is 13.1 Å². The molecule has 16 heteroatoms. The molecule has 0 aliphatic carbocycles. The van der Waals surface area contributed by atoms with Gasteiger partial charge in [-0.05, 0) is 61.4 Å². The summed E-state index contributed by atoms with van der Waals surface area (Å²) in [4.78, 5) is 37.9. The van der Waals surface area contributed by atoms with Crippen LogP contribution in [-0.4, -0.2) is 55.2 Å². The van der Waals surface area contributed by atoms with Crippen LogP contribution >= 0.6 is 35.1 Å². The van der Waals surface area contributed by atoms with E-state index >= 15 is 0 Å². The van der Waals surface area contributed by atoms with E-state index in [-0.39, 0.29) is 40.5 Å². The van der Waals surface area contributed by atoms with E-state index < -0.39 is 46.6 Å². The summed E-state index contributed by atoms with van der Waals surface area (Å²) in [7, 11) is 0. The number of hydrogen-bond donors (Lipinski definition) is 1. The van der Waals surface area contributed by atoms with Gasteiger partial charge < -0.3 is 9.84 Å². The molecule has 1 aromatic heterocycles. The second-order valence-electron chi connectivity index (χ2n) is 10.8. The largest absolute Gasteiger partial charge is 0.493 e. The Morgan fingerprint density at radius 3 is 2.52 bits per heavy atom. The standard InChI is InChI=1S/C28H25ClF3N5O5S2/c1-27(2,3)42-25(40)37-9-8-36(44-37)22(38)14-35-24(39)23(43-26(35)41)19(15-5-7-21-17(10-15)13-33-34-21)11-16-4-6-18(29)12-20(16)28(30,31)32/h4-7,10,12-13,39H,8-9,11,14H2,1-3H3. The van der Waals surface area contributed by atoms with Gasteiger partial charge in [0.2, 0.25) is 5.88 Å². The number of carbonyl (C=O) groups is 2. The van der Waals surface area contributed by atoms with Gasteiger partial charge in [-0.2, -0.15) is 23.4 Å². The van der Waals surface area contributed by atoms with Gasteiger partial charge in [-0.1, -0.05) is 35.1 Å². The molecule has 10 nitrogen and oxygen atoms in total. The molecule has 1 saturated heterocycles. The number of aromatic nitrogens is 1. The molecular formula is C28H25ClF3N5O5S2. The number of fused-ring (bicyclic) bond motifs is 1. The molecule has 232 valence electrons. The fourth-order valence-corrected chi connectivity index (χ4v) is 6.44. The van der Waals surface area contributed by atoms with Crippen molar-refractivity contribution >= 4 is 58.9 Å². The van der Waals surface area contributed by atoms with Crippen LogP contribution in [-0.2, 0) is 28.7 Å². The Morgan fingerprint density at radius 1 is 1.09 bits per heavy atom. The number of nitrogens with zero attached hydrogens (tertiary/aromatic N) is 5. The van der Waals surface area contributed by atoms with Gasteiger partial charge in [-0.3, -0.25) is 18.5 Å². The summed E-state index contributed by atoms with van der Waals surface area (Å²) in [5.41, 5.74) is -0.993. The number of halogens is 4. The molecule has 2 aliphatic heterocycles. The monoisotopic (exact) mass is 667 g/mol. The second-order valence-corrected chi connectivity index (χ2v) is 13.3. The third-order valence-electron chi connectivity index (χ3n) is 6.50. The molecule has 0 spiro atoms. The lowest BCUT2D eigenvalue weighted by molar-refractivity contribution is -0.138. The molecular weight excluding hydrogens is 643 g/mol. The highest BCUT2D eigenvalue weighted by atomic mass is 35.5. The molecule has 3 heterocycles. The van der Waals surface area contributed by atoms with Crippen molar-refractivity contribution in [3.63, 3.8) is 0 Å². The van der Waals surface area contributed by atoms with Crippen LogP contribution in [0, 0.1) is 0 Å². The Balaban J connectivity index is 1.50. The zero-order valence-corrected chi connectivity index (χ0v) is 25.9. The second kappa shape index (κ2) is 11.9. The number of ether oxygens (including phenoxy) is 1. The lowest BCUT2D eigenvalue weighted by Gasteiger charge is -2.23. The van der Waals surface area contributed by atoms with E-state index in [1.807, 2.05) is 0 Å². The van der Waals surface area contributed by atoms with Gasteiger partial charge >= 0.3 is 17.1 Å². The van der Waals surface area contributed by atoms with Crippen molar-refractivity contribution in [2.24, 2.45) is 10.2 Å². The van der Waals surface area contributed by atoms with Gasteiger partial charge in [0.05, 0.1) is 47.2 Å². The number of benzene rings is 2. The van der Waals surface area contributed by atoms with Crippen LogP contribution in [0.15, 0.2) is 51.4 Å². The summed E-state index contributed by atoms with van der Waals surface area (Å²) in [6, 6.07) is 8.30. The quantitative estimate of drug-likeness (QED) is 0.405. The molecule has 0 radical (unpaired) electrons. The zero-order chi connectivity index (χ0) is 32.0. The highest BCUT2D eigenvalue weighted by Crippen LogP contribution is 2.37. The van der Waals surface area contributed by atoms with Crippen LogP contribution in [0.4, 0.5) is 18.0 Å². The third-order valence-corrected chi connectivity index (χ3v) is 8.87. The lowest BCUT2D eigenvalue weighted by Crippen LogP contribution is -2.32. The van der Waals surface area contributed by atoms with E-state index in [9.17, 15) is 32.7 Å². The van der Waals surface area contributed by atoms with Crippen LogP contribution in [0.5, 0.6) is 5.88 Å². The van der Waals surface area contributed by atoms with Crippen molar-refractivity contribution in [1.82, 2.24) is 13.2 Å². The molecule has 1 N–H and O–H groups in total. The summed E-state index contributed by atoms with van der Waals surface area (Å²) in [6.07, 6.45) is -4.18. The number of amides is 2. The van der Waals surface area contributed by atoms with Crippen molar-refractivity contribution in [2.45, 2.75) is 45.5 Å². The highest BCUT2D eigenvalue weighted by Gasteiger charge is 2.35. The summed E-state index contributed by atoms with van der Waals surface area (Å²) in [5.74, 6) is -1.14. The SMILES string of the molecule is CC(C)(C)OC(=O)N1CCN(C(=O)Cn2c(O)c(C(Cc3ccc(Cl)cc3C(F)(F)F)=c3ccc4c(c3)C=NN=4)sc2=O)S1. The predicted octanol–water partition coefficient (Wildman–Crippen LogP) is 4.34. The Morgan fingerprint density at radius 2 is 1.82 bits per heavy atom. The molecule has 2 amide bonds. The Hall–Kier alpha value is -3.82. The first-order chi connectivity index (χ1) is 20.6. The van der Waals surface area contributed by atoms with Crippen molar-refractivity contribution in [1.29, 1.82) is 0 Å². The maximum Gasteiger partial charge on any atom is 0.421 e. The van der Waals surface area contributed by atoms with Crippen LogP contribution in [0.1, 0.15) is 42.3 Å². The van der Waals surface area contributed by atoms with Gasteiger partial charge in [0.15, 0.2) is 0 Å². The molecule has 2 aromatic carbocycles. The molecule has 3 aromatic rings. The minimum Gasteiger partial charge on any atom is -0.493 e. The fraction of sp³-hybridized carbons (Fsp3) is 0.321. The van der Waals surface area contributed by atoms with Crippen molar-refractivity contribution in [3.8, 4) is 5.88 Å². The normalized spacial score (nSPS) is 15.3. The molecule has 0 bridgehead atoms. The van der Waals surface area contributed by atoms with Crippen molar-refractivity contribution < 1.29 is 32.6 Å². The summed E-state index contributed by atoms with van der Waals surface area (Å²) < 4.78 is 50.7. The number of aromatic hydroxyl groups is 1. The summed E-state index contributed by atoms with van der Waals surface area (Å²) in [6.45, 7) is 4.93. The average Bonchev–Trinajstić information content (AvgIpc) is 3.67. The molecule has 5 rings (SSSR count).